The zero-order chi connectivity index (χ0) is 16.6. The summed E-state index contributed by atoms with van der Waals surface area (Å²) >= 11 is 0. The first-order chi connectivity index (χ1) is 10.7. The summed E-state index contributed by atoms with van der Waals surface area (Å²) in [6.07, 6.45) is 8.61. The minimum atomic E-state index is -0.483. The monoisotopic (exact) mass is 318 g/mol. The van der Waals surface area contributed by atoms with Crippen molar-refractivity contribution in [1.29, 1.82) is 0 Å². The molecule has 4 fully saturated rings. The van der Waals surface area contributed by atoms with Crippen LogP contribution in [0.4, 0.5) is 0 Å². The van der Waals surface area contributed by atoms with Crippen molar-refractivity contribution in [1.82, 2.24) is 0 Å². The van der Waals surface area contributed by atoms with Crippen LogP contribution < -0.4 is 0 Å². The standard InChI is InChI=1S/C21H34O2/c1-13-11-14-12-15(22)5-8-19(14,2)16-6-9-20(3)17(18(13)16)7-10-21(20,4)23/h13-14,16-18,23H,5-12H2,1-4H3/t13-,14-,16-,17-,18+,19-,20-,21+/m0/s1. The molecule has 0 spiro atoms. The van der Waals surface area contributed by atoms with Gasteiger partial charge in [0.1, 0.15) is 5.78 Å². The van der Waals surface area contributed by atoms with Crippen molar-refractivity contribution in [3.63, 3.8) is 0 Å². The molecule has 0 aromatic carbocycles. The minimum absolute atomic E-state index is 0.107. The molecule has 0 saturated heterocycles. The van der Waals surface area contributed by atoms with Gasteiger partial charge in [0.15, 0.2) is 0 Å². The number of rotatable bonds is 0. The zero-order valence-corrected chi connectivity index (χ0v) is 15.4. The van der Waals surface area contributed by atoms with E-state index in [-0.39, 0.29) is 5.41 Å². The number of Topliss-reactive ketones (excluding diaryl/α,β-unsaturated/α-hetero) is 1. The van der Waals surface area contributed by atoms with Gasteiger partial charge in [-0.05, 0) is 85.9 Å². The maximum Gasteiger partial charge on any atom is 0.133 e. The molecule has 8 atom stereocenters. The number of hydrogen-bond donors (Lipinski definition) is 1. The summed E-state index contributed by atoms with van der Waals surface area (Å²) in [5.74, 6) is 4.05. The lowest BCUT2D eigenvalue weighted by atomic mass is 9.42. The van der Waals surface area contributed by atoms with E-state index in [9.17, 15) is 9.90 Å². The second-order valence-corrected chi connectivity index (χ2v) is 10.2. The van der Waals surface area contributed by atoms with E-state index in [0.29, 0.717) is 29.0 Å². The van der Waals surface area contributed by atoms with E-state index < -0.39 is 5.60 Å². The Kier molecular flexibility index (Phi) is 3.39. The fraction of sp³-hybridized carbons (Fsp3) is 0.952. The van der Waals surface area contributed by atoms with Gasteiger partial charge in [-0.2, -0.15) is 0 Å². The quantitative estimate of drug-likeness (QED) is 0.709. The van der Waals surface area contributed by atoms with E-state index in [4.69, 9.17) is 0 Å². The fourth-order valence-electron chi connectivity index (χ4n) is 7.67. The van der Waals surface area contributed by atoms with Gasteiger partial charge in [-0.15, -0.1) is 0 Å². The maximum atomic E-state index is 12.0. The molecule has 0 aliphatic heterocycles. The van der Waals surface area contributed by atoms with Gasteiger partial charge in [0.25, 0.3) is 0 Å². The van der Waals surface area contributed by atoms with Crippen LogP contribution in [0.2, 0.25) is 0 Å². The lowest BCUT2D eigenvalue weighted by Gasteiger charge is -2.62. The number of carbonyl (C=O) groups excluding carboxylic acids is 1. The molecule has 4 aliphatic rings. The summed E-state index contributed by atoms with van der Waals surface area (Å²) in [5.41, 5.74) is -0.000383. The van der Waals surface area contributed by atoms with Gasteiger partial charge in [-0.3, -0.25) is 4.79 Å². The first kappa shape index (κ1) is 16.1. The summed E-state index contributed by atoms with van der Waals surface area (Å²) in [7, 11) is 0. The molecular formula is C21H34O2. The van der Waals surface area contributed by atoms with Crippen LogP contribution in [-0.2, 0) is 4.79 Å². The fourth-order valence-corrected chi connectivity index (χ4v) is 7.67. The van der Waals surface area contributed by atoms with Crippen LogP contribution in [-0.4, -0.2) is 16.5 Å². The van der Waals surface area contributed by atoms with E-state index in [2.05, 4.69) is 27.7 Å². The Bertz CT molecular complexity index is 524. The van der Waals surface area contributed by atoms with Crippen molar-refractivity contribution in [3.05, 3.63) is 0 Å². The highest BCUT2D eigenvalue weighted by atomic mass is 16.3. The van der Waals surface area contributed by atoms with Crippen molar-refractivity contribution in [2.45, 2.75) is 84.7 Å². The van der Waals surface area contributed by atoms with Gasteiger partial charge in [0, 0.05) is 12.8 Å². The van der Waals surface area contributed by atoms with Crippen molar-refractivity contribution in [3.8, 4) is 0 Å². The lowest BCUT2D eigenvalue weighted by molar-refractivity contribution is -0.165. The summed E-state index contributed by atoms with van der Waals surface area (Å²) in [6, 6.07) is 0. The third kappa shape index (κ3) is 2.00. The molecule has 4 rings (SSSR count). The number of aliphatic hydroxyl groups is 1. The van der Waals surface area contributed by atoms with E-state index in [0.717, 1.165) is 37.5 Å². The second kappa shape index (κ2) is 4.84. The van der Waals surface area contributed by atoms with Gasteiger partial charge in [0.2, 0.25) is 0 Å². The predicted molar refractivity (Wildman–Crippen MR) is 91.9 cm³/mol. The Labute approximate surface area is 141 Å². The molecule has 130 valence electrons. The first-order valence-corrected chi connectivity index (χ1v) is 9.93. The molecule has 0 aromatic heterocycles. The Morgan fingerprint density at radius 3 is 2.48 bits per heavy atom. The Balaban J connectivity index is 1.70. The number of carbonyl (C=O) groups is 1. The van der Waals surface area contributed by atoms with Crippen molar-refractivity contribution in [2.24, 2.45) is 40.4 Å². The van der Waals surface area contributed by atoms with Gasteiger partial charge >= 0.3 is 0 Å². The lowest BCUT2D eigenvalue weighted by Crippen LogP contribution is -2.58. The van der Waals surface area contributed by atoms with Crippen molar-refractivity contribution >= 4 is 5.78 Å². The molecule has 23 heavy (non-hydrogen) atoms. The number of ketones is 1. The highest BCUT2D eigenvalue weighted by molar-refractivity contribution is 5.79. The number of fused-ring (bicyclic) bond motifs is 5. The normalized spacial score (nSPS) is 59.2. The molecule has 0 radical (unpaired) electrons. The average molecular weight is 319 g/mol. The van der Waals surface area contributed by atoms with Crippen molar-refractivity contribution < 1.29 is 9.90 Å². The Morgan fingerprint density at radius 2 is 1.74 bits per heavy atom. The Hall–Kier alpha value is -0.370. The largest absolute Gasteiger partial charge is 0.390 e. The maximum absolute atomic E-state index is 12.0. The first-order valence-electron chi connectivity index (χ1n) is 9.93. The zero-order valence-electron chi connectivity index (χ0n) is 15.4. The van der Waals surface area contributed by atoms with Gasteiger partial charge in [0.05, 0.1) is 5.60 Å². The summed E-state index contributed by atoms with van der Waals surface area (Å²) in [5, 5.41) is 11.0. The SMILES string of the molecule is C[C@H]1C[C@H]2CC(=O)CC[C@]2(C)[C@H]2CC[C@@]3(C)[C@@H](CC[C@@]3(C)O)[C@H]12. The summed E-state index contributed by atoms with van der Waals surface area (Å²) < 4.78 is 0. The molecule has 4 saturated carbocycles. The molecule has 0 unspecified atom stereocenters. The highest BCUT2D eigenvalue weighted by Crippen LogP contribution is 2.69. The molecule has 0 bridgehead atoms. The third-order valence-electron chi connectivity index (χ3n) is 9.40. The topological polar surface area (TPSA) is 37.3 Å². The van der Waals surface area contributed by atoms with Crippen LogP contribution in [0.15, 0.2) is 0 Å². The van der Waals surface area contributed by atoms with Crippen LogP contribution in [0.5, 0.6) is 0 Å². The molecule has 0 amide bonds. The minimum Gasteiger partial charge on any atom is -0.390 e. The molecule has 2 heteroatoms. The molecule has 4 aliphatic carbocycles. The smallest absolute Gasteiger partial charge is 0.133 e. The third-order valence-corrected chi connectivity index (χ3v) is 9.40. The van der Waals surface area contributed by atoms with Crippen LogP contribution in [0, 0.1) is 40.4 Å². The van der Waals surface area contributed by atoms with Gasteiger partial charge in [-0.1, -0.05) is 20.8 Å². The van der Waals surface area contributed by atoms with Crippen LogP contribution in [0.1, 0.15) is 79.1 Å². The van der Waals surface area contributed by atoms with E-state index in [1.54, 1.807) is 0 Å². The second-order valence-electron chi connectivity index (χ2n) is 10.2. The Morgan fingerprint density at radius 1 is 1.04 bits per heavy atom. The summed E-state index contributed by atoms with van der Waals surface area (Å²) in [6.45, 7) is 9.40. The van der Waals surface area contributed by atoms with Gasteiger partial charge in [-0.25, -0.2) is 0 Å². The average Bonchev–Trinajstić information content (AvgIpc) is 2.72. The van der Waals surface area contributed by atoms with E-state index in [1.807, 2.05) is 0 Å². The van der Waals surface area contributed by atoms with Crippen LogP contribution in [0.3, 0.4) is 0 Å². The number of hydrogen-bond acceptors (Lipinski definition) is 2. The molecule has 1 N–H and O–H groups in total. The summed E-state index contributed by atoms with van der Waals surface area (Å²) in [4.78, 5) is 12.0. The van der Waals surface area contributed by atoms with E-state index in [1.165, 1.54) is 25.7 Å². The van der Waals surface area contributed by atoms with Crippen LogP contribution >= 0.6 is 0 Å². The molecule has 0 aromatic rings. The molecule has 0 heterocycles. The highest BCUT2D eigenvalue weighted by Gasteiger charge is 2.64. The van der Waals surface area contributed by atoms with Gasteiger partial charge < -0.3 is 5.11 Å². The molecular weight excluding hydrogens is 284 g/mol. The molecule has 2 nitrogen and oxygen atoms in total. The van der Waals surface area contributed by atoms with Crippen molar-refractivity contribution in [2.75, 3.05) is 0 Å². The van der Waals surface area contributed by atoms with Crippen LogP contribution in [0.25, 0.3) is 0 Å². The predicted octanol–water partition coefficient (Wildman–Crippen LogP) is 4.60. The van der Waals surface area contributed by atoms with E-state index >= 15 is 0 Å².